The van der Waals surface area contributed by atoms with Crippen LogP contribution in [0.5, 0.6) is 0 Å². The van der Waals surface area contributed by atoms with Crippen molar-refractivity contribution in [3.05, 3.63) is 64.9 Å². The highest BCUT2D eigenvalue weighted by atomic mass is 32.1. The molecule has 0 spiro atoms. The fraction of sp³-hybridized carbons (Fsp3) is 0.296. The summed E-state index contributed by atoms with van der Waals surface area (Å²) in [5.74, 6) is 1.47. The molecule has 1 N–H and O–H groups in total. The third-order valence-corrected chi connectivity index (χ3v) is 7.87. The van der Waals surface area contributed by atoms with Crippen molar-refractivity contribution in [3.8, 4) is 21.1 Å². The van der Waals surface area contributed by atoms with Crippen molar-refractivity contribution in [2.45, 2.75) is 20.4 Å². The maximum atomic E-state index is 13.5. The predicted molar refractivity (Wildman–Crippen MR) is 150 cm³/mol. The maximum absolute atomic E-state index is 13.5. The molecular weight excluding hydrogens is 500 g/mol. The molecule has 5 aromatic rings. The van der Waals surface area contributed by atoms with Gasteiger partial charge in [0.2, 0.25) is 17.7 Å². The first-order valence-corrected chi connectivity index (χ1v) is 13.4. The molecule has 11 heteroatoms. The first-order chi connectivity index (χ1) is 18.5. The number of anilines is 3. The Morgan fingerprint density at radius 3 is 2.50 bits per heavy atom. The summed E-state index contributed by atoms with van der Waals surface area (Å²) < 4.78 is 6.78. The molecule has 1 fully saturated rings. The Bertz CT molecular complexity index is 1650. The number of aryl methyl sites for hydroxylation is 2. The van der Waals surface area contributed by atoms with E-state index in [1.807, 2.05) is 37.3 Å². The van der Waals surface area contributed by atoms with Crippen molar-refractivity contribution in [2.24, 2.45) is 0 Å². The molecule has 4 aromatic heterocycles. The lowest BCUT2D eigenvalue weighted by Crippen LogP contribution is -2.44. The molecule has 5 heterocycles. The lowest BCUT2D eigenvalue weighted by atomic mass is 10.2. The first kappa shape index (κ1) is 24.3. The van der Waals surface area contributed by atoms with E-state index in [4.69, 9.17) is 9.51 Å². The molecule has 10 nitrogen and oxygen atoms in total. The standard InChI is InChI=1S/C27H28N8O2S/c1-4-35-25-18(15-21(26(35)36)22-9-10-23(38-22)24-29-17(2)37-32-24)16-28-27(31-25)30-19-5-7-20(8-6-19)34-13-11-33(3)12-14-34/h5-10,15-16H,4,11-14H2,1-3H3,(H,28,30,31). The van der Waals surface area contributed by atoms with Crippen LogP contribution < -0.4 is 15.8 Å². The number of nitrogens with one attached hydrogen (secondary N) is 1. The van der Waals surface area contributed by atoms with Crippen molar-refractivity contribution in [3.63, 3.8) is 0 Å². The zero-order chi connectivity index (χ0) is 26.2. The lowest BCUT2D eigenvalue weighted by Gasteiger charge is -2.34. The average Bonchev–Trinajstić information content (AvgIpc) is 3.59. The minimum atomic E-state index is -0.0983. The van der Waals surface area contributed by atoms with E-state index in [1.165, 1.54) is 17.0 Å². The van der Waals surface area contributed by atoms with E-state index in [0.717, 1.165) is 47.0 Å². The van der Waals surface area contributed by atoms with Crippen LogP contribution in [-0.2, 0) is 6.54 Å². The Balaban J connectivity index is 1.27. The van der Waals surface area contributed by atoms with Crippen LogP contribution in [0.3, 0.4) is 0 Å². The SMILES string of the molecule is CCn1c(=O)c(-c2ccc(-c3noc(C)n3)s2)cc2cnc(Nc3ccc(N4CCN(C)CC4)cc3)nc21. The van der Waals surface area contributed by atoms with Gasteiger partial charge in [-0.2, -0.15) is 9.97 Å². The summed E-state index contributed by atoms with van der Waals surface area (Å²) in [6.07, 6.45) is 1.76. The van der Waals surface area contributed by atoms with Crippen LogP contribution in [0.1, 0.15) is 12.8 Å². The summed E-state index contributed by atoms with van der Waals surface area (Å²) >= 11 is 1.45. The van der Waals surface area contributed by atoms with Crippen LogP contribution in [0.15, 0.2) is 58.0 Å². The van der Waals surface area contributed by atoms with Crippen molar-refractivity contribution < 1.29 is 4.52 Å². The topological polar surface area (TPSA) is 105 Å². The Morgan fingerprint density at radius 1 is 1.03 bits per heavy atom. The number of rotatable bonds is 6. The van der Waals surface area contributed by atoms with Gasteiger partial charge in [0.1, 0.15) is 5.65 Å². The van der Waals surface area contributed by atoms with Gasteiger partial charge in [0.25, 0.3) is 5.56 Å². The van der Waals surface area contributed by atoms with Gasteiger partial charge in [0.15, 0.2) is 0 Å². The molecule has 0 unspecified atom stereocenters. The molecule has 1 aliphatic heterocycles. The van der Waals surface area contributed by atoms with Gasteiger partial charge in [0.05, 0.1) is 10.4 Å². The van der Waals surface area contributed by atoms with Gasteiger partial charge in [-0.3, -0.25) is 9.36 Å². The largest absolute Gasteiger partial charge is 0.369 e. The Hall–Kier alpha value is -4.09. The highest BCUT2D eigenvalue weighted by Gasteiger charge is 2.17. The van der Waals surface area contributed by atoms with Gasteiger partial charge in [-0.05, 0) is 56.4 Å². The van der Waals surface area contributed by atoms with Crippen LogP contribution in [0.25, 0.3) is 32.2 Å². The third-order valence-electron chi connectivity index (χ3n) is 6.75. The Labute approximate surface area is 223 Å². The minimum absolute atomic E-state index is 0.0983. The molecule has 1 saturated heterocycles. The van der Waals surface area contributed by atoms with Gasteiger partial charge < -0.3 is 19.6 Å². The summed E-state index contributed by atoms with van der Waals surface area (Å²) in [5, 5.41) is 8.07. The van der Waals surface area contributed by atoms with Gasteiger partial charge in [-0.25, -0.2) is 4.98 Å². The summed E-state index contributed by atoms with van der Waals surface area (Å²) in [6.45, 7) is 8.37. The van der Waals surface area contributed by atoms with Crippen molar-refractivity contribution in [2.75, 3.05) is 43.4 Å². The second-order valence-electron chi connectivity index (χ2n) is 9.34. The smallest absolute Gasteiger partial charge is 0.260 e. The zero-order valence-corrected chi connectivity index (χ0v) is 22.3. The molecule has 0 aliphatic carbocycles. The van der Waals surface area contributed by atoms with Crippen LogP contribution in [-0.4, -0.2) is 62.8 Å². The predicted octanol–water partition coefficient (Wildman–Crippen LogP) is 4.39. The molecular formula is C27H28N8O2S. The zero-order valence-electron chi connectivity index (χ0n) is 21.5. The van der Waals surface area contributed by atoms with Gasteiger partial charge >= 0.3 is 0 Å². The highest BCUT2D eigenvalue weighted by Crippen LogP contribution is 2.33. The molecule has 0 saturated carbocycles. The number of pyridine rings is 1. The first-order valence-electron chi connectivity index (χ1n) is 12.6. The number of aromatic nitrogens is 5. The second-order valence-corrected chi connectivity index (χ2v) is 10.4. The third kappa shape index (κ3) is 4.66. The second kappa shape index (κ2) is 9.99. The van der Waals surface area contributed by atoms with E-state index in [9.17, 15) is 4.79 Å². The molecule has 194 valence electrons. The highest BCUT2D eigenvalue weighted by molar-refractivity contribution is 7.18. The molecule has 1 aliphatic rings. The van der Waals surface area contributed by atoms with Crippen LogP contribution in [0.2, 0.25) is 0 Å². The van der Waals surface area contributed by atoms with E-state index >= 15 is 0 Å². The van der Waals surface area contributed by atoms with Gasteiger partial charge in [-0.15, -0.1) is 11.3 Å². The summed E-state index contributed by atoms with van der Waals surface area (Å²) in [5.41, 5.74) is 3.20. The fourth-order valence-corrected chi connectivity index (χ4v) is 5.58. The number of hydrogen-bond donors (Lipinski definition) is 1. The lowest BCUT2D eigenvalue weighted by molar-refractivity contribution is 0.313. The molecule has 1 aromatic carbocycles. The van der Waals surface area contributed by atoms with Crippen molar-refractivity contribution in [1.29, 1.82) is 0 Å². The number of thiophene rings is 1. The number of piperazine rings is 1. The Morgan fingerprint density at radius 2 is 1.79 bits per heavy atom. The van der Waals surface area contributed by atoms with E-state index in [-0.39, 0.29) is 5.56 Å². The molecule has 0 bridgehead atoms. The fourth-order valence-electron chi connectivity index (χ4n) is 4.64. The molecule has 38 heavy (non-hydrogen) atoms. The molecule has 0 radical (unpaired) electrons. The molecule has 0 amide bonds. The summed E-state index contributed by atoms with van der Waals surface area (Å²) in [6, 6.07) is 14.0. The van der Waals surface area contributed by atoms with Crippen LogP contribution in [0, 0.1) is 6.92 Å². The minimum Gasteiger partial charge on any atom is -0.369 e. The van der Waals surface area contributed by atoms with E-state index in [0.29, 0.717) is 35.4 Å². The number of nitrogens with zero attached hydrogens (tertiary/aromatic N) is 7. The average molecular weight is 529 g/mol. The number of likely N-dealkylation sites (N-methyl/N-ethyl adjacent to an activating group) is 1. The number of fused-ring (bicyclic) bond motifs is 1. The van der Waals surface area contributed by atoms with E-state index in [2.05, 4.69) is 49.4 Å². The van der Waals surface area contributed by atoms with Gasteiger partial charge in [-0.1, -0.05) is 5.16 Å². The molecule has 0 atom stereocenters. The molecule has 6 rings (SSSR count). The van der Waals surface area contributed by atoms with Crippen LogP contribution >= 0.6 is 11.3 Å². The Kier molecular flexibility index (Phi) is 6.38. The summed E-state index contributed by atoms with van der Waals surface area (Å²) in [4.78, 5) is 33.4. The quantitative estimate of drug-likeness (QED) is 0.343. The van der Waals surface area contributed by atoms with Crippen molar-refractivity contribution >= 4 is 39.7 Å². The normalized spacial score (nSPS) is 14.3. The number of benzene rings is 1. The van der Waals surface area contributed by atoms with E-state index in [1.54, 1.807) is 17.7 Å². The van der Waals surface area contributed by atoms with Gasteiger partial charge in [0, 0.05) is 67.5 Å². The van der Waals surface area contributed by atoms with Crippen LogP contribution in [0.4, 0.5) is 17.3 Å². The summed E-state index contributed by atoms with van der Waals surface area (Å²) in [7, 11) is 2.16. The van der Waals surface area contributed by atoms with E-state index < -0.39 is 0 Å². The van der Waals surface area contributed by atoms with Crippen molar-refractivity contribution in [1.82, 2.24) is 29.6 Å². The number of hydrogen-bond acceptors (Lipinski definition) is 10. The maximum Gasteiger partial charge on any atom is 0.260 e. The monoisotopic (exact) mass is 528 g/mol.